The van der Waals surface area contributed by atoms with Crippen molar-refractivity contribution in [2.75, 3.05) is 0 Å². The van der Waals surface area contributed by atoms with Crippen LogP contribution < -0.4 is 5.56 Å². The lowest BCUT2D eigenvalue weighted by Gasteiger charge is -2.04. The molecule has 0 atom stereocenters. The number of fused-ring (bicyclic) bond motifs is 1. The number of rotatable bonds is 0. The lowest BCUT2D eigenvalue weighted by Crippen LogP contribution is -2.06. The molecular weight excluding hydrogens is 202 g/mol. The van der Waals surface area contributed by atoms with Gasteiger partial charge < -0.3 is 10.1 Å². The highest BCUT2D eigenvalue weighted by molar-refractivity contribution is 6.32. The average molecular weight is 210 g/mol. The molecule has 3 nitrogen and oxygen atoms in total. The summed E-state index contributed by atoms with van der Waals surface area (Å²) < 4.78 is 0. The van der Waals surface area contributed by atoms with E-state index in [4.69, 9.17) is 11.6 Å². The summed E-state index contributed by atoms with van der Waals surface area (Å²) in [5.74, 6) is -0.158. The van der Waals surface area contributed by atoms with Crippen LogP contribution in [0.25, 0.3) is 10.9 Å². The van der Waals surface area contributed by atoms with Crippen LogP contribution in [-0.4, -0.2) is 10.1 Å². The van der Waals surface area contributed by atoms with Crippen LogP contribution in [0.2, 0.25) is 5.02 Å². The highest BCUT2D eigenvalue weighted by atomic mass is 35.5. The van der Waals surface area contributed by atoms with Crippen LogP contribution in [0.15, 0.2) is 23.0 Å². The van der Waals surface area contributed by atoms with E-state index in [1.807, 2.05) is 13.0 Å². The first kappa shape index (κ1) is 9.09. The molecule has 1 aromatic heterocycles. The zero-order valence-corrected chi connectivity index (χ0v) is 8.22. The van der Waals surface area contributed by atoms with Gasteiger partial charge in [-0.05, 0) is 18.6 Å². The lowest BCUT2D eigenvalue weighted by molar-refractivity contribution is 0.481. The van der Waals surface area contributed by atoms with Gasteiger partial charge in [-0.2, -0.15) is 0 Å². The molecule has 4 heteroatoms. The summed E-state index contributed by atoms with van der Waals surface area (Å²) in [6, 6.07) is 5.36. The zero-order valence-electron chi connectivity index (χ0n) is 7.47. The van der Waals surface area contributed by atoms with Crippen molar-refractivity contribution >= 4 is 22.5 Å². The maximum atomic E-state index is 11.3. The molecule has 0 radical (unpaired) electrons. The Hall–Kier alpha value is -1.48. The van der Waals surface area contributed by atoms with Crippen LogP contribution >= 0.6 is 11.6 Å². The Bertz CT molecular complexity index is 560. The summed E-state index contributed by atoms with van der Waals surface area (Å²) in [6.45, 7) is 1.85. The summed E-state index contributed by atoms with van der Waals surface area (Å²) in [5, 5.41) is 10.0. The Morgan fingerprint density at radius 2 is 2.14 bits per heavy atom. The molecule has 0 spiro atoms. The van der Waals surface area contributed by atoms with Gasteiger partial charge in [-0.3, -0.25) is 4.79 Å². The van der Waals surface area contributed by atoms with Gasteiger partial charge in [0, 0.05) is 5.39 Å². The van der Waals surface area contributed by atoms with Gasteiger partial charge in [0.15, 0.2) is 0 Å². The van der Waals surface area contributed by atoms with Gasteiger partial charge in [0.1, 0.15) is 10.8 Å². The van der Waals surface area contributed by atoms with E-state index in [9.17, 15) is 9.90 Å². The summed E-state index contributed by atoms with van der Waals surface area (Å²) >= 11 is 5.62. The number of H-pyrrole nitrogens is 1. The molecule has 2 N–H and O–H groups in total. The number of aromatic amines is 1. The molecule has 0 fully saturated rings. The van der Waals surface area contributed by atoms with E-state index in [-0.39, 0.29) is 10.8 Å². The normalized spacial score (nSPS) is 10.7. The maximum absolute atomic E-state index is 11.3. The van der Waals surface area contributed by atoms with E-state index in [0.717, 1.165) is 5.56 Å². The number of hydrogen-bond donors (Lipinski definition) is 2. The first-order valence-electron chi connectivity index (χ1n) is 4.11. The van der Waals surface area contributed by atoms with E-state index in [0.29, 0.717) is 10.9 Å². The van der Waals surface area contributed by atoms with Gasteiger partial charge in [0.25, 0.3) is 5.56 Å². The molecule has 0 unspecified atom stereocenters. The van der Waals surface area contributed by atoms with Crippen LogP contribution in [-0.2, 0) is 0 Å². The molecule has 0 aliphatic rings. The molecule has 0 amide bonds. The van der Waals surface area contributed by atoms with Crippen molar-refractivity contribution in [2.45, 2.75) is 6.92 Å². The molecule has 0 aliphatic carbocycles. The van der Waals surface area contributed by atoms with Crippen molar-refractivity contribution in [3.63, 3.8) is 0 Å². The summed E-state index contributed by atoms with van der Waals surface area (Å²) in [4.78, 5) is 13.9. The quantitative estimate of drug-likeness (QED) is 0.699. The molecule has 14 heavy (non-hydrogen) atoms. The average Bonchev–Trinajstić information content (AvgIpc) is 2.17. The maximum Gasteiger partial charge on any atom is 0.271 e. The van der Waals surface area contributed by atoms with Gasteiger partial charge in [0.2, 0.25) is 0 Å². The minimum absolute atomic E-state index is 0.158. The number of aromatic nitrogens is 1. The fourth-order valence-electron chi connectivity index (χ4n) is 1.43. The predicted molar refractivity (Wildman–Crippen MR) is 56.0 cm³/mol. The molecule has 0 bridgehead atoms. The van der Waals surface area contributed by atoms with Gasteiger partial charge in [0.05, 0.1) is 5.52 Å². The van der Waals surface area contributed by atoms with Gasteiger partial charge in [-0.1, -0.05) is 23.7 Å². The van der Waals surface area contributed by atoms with E-state index in [1.165, 1.54) is 0 Å². The Balaban J connectivity index is 3.06. The van der Waals surface area contributed by atoms with Crippen LogP contribution in [0.4, 0.5) is 0 Å². The highest BCUT2D eigenvalue weighted by Gasteiger charge is 2.09. The third-order valence-electron chi connectivity index (χ3n) is 2.17. The van der Waals surface area contributed by atoms with E-state index < -0.39 is 5.56 Å². The fraction of sp³-hybridized carbons (Fsp3) is 0.100. The monoisotopic (exact) mass is 209 g/mol. The van der Waals surface area contributed by atoms with E-state index in [2.05, 4.69) is 4.98 Å². The zero-order chi connectivity index (χ0) is 10.3. The second kappa shape index (κ2) is 3.03. The van der Waals surface area contributed by atoms with Crippen molar-refractivity contribution in [2.24, 2.45) is 0 Å². The SMILES string of the molecule is Cc1cccc2c(O)c(Cl)c(=O)[nH]c12. The van der Waals surface area contributed by atoms with Gasteiger partial charge >= 0.3 is 0 Å². The Morgan fingerprint density at radius 3 is 2.86 bits per heavy atom. The smallest absolute Gasteiger partial charge is 0.271 e. The van der Waals surface area contributed by atoms with Gasteiger partial charge in [-0.15, -0.1) is 0 Å². The number of para-hydroxylation sites is 1. The number of halogens is 1. The highest BCUT2D eigenvalue weighted by Crippen LogP contribution is 2.28. The molecule has 1 aromatic carbocycles. The summed E-state index contributed by atoms with van der Waals surface area (Å²) in [7, 11) is 0. The minimum Gasteiger partial charge on any atom is -0.505 e. The van der Waals surface area contributed by atoms with Gasteiger partial charge in [-0.25, -0.2) is 0 Å². The topological polar surface area (TPSA) is 53.1 Å². The number of pyridine rings is 1. The van der Waals surface area contributed by atoms with Crippen LogP contribution in [0.1, 0.15) is 5.56 Å². The largest absolute Gasteiger partial charge is 0.505 e. The summed E-state index contributed by atoms with van der Waals surface area (Å²) in [6.07, 6.45) is 0. The van der Waals surface area contributed by atoms with Crippen molar-refractivity contribution in [3.05, 3.63) is 39.1 Å². The number of benzene rings is 1. The van der Waals surface area contributed by atoms with Crippen LogP contribution in [0.5, 0.6) is 5.75 Å². The molecular formula is C10H8ClNO2. The summed E-state index contributed by atoms with van der Waals surface area (Å²) in [5.41, 5.74) is 1.05. The standard InChI is InChI=1S/C10H8ClNO2/c1-5-3-2-4-6-8(5)12-10(14)7(11)9(6)13/h2-4H,1H3,(H2,12,13,14). The Labute approximate surface area is 85.0 Å². The Morgan fingerprint density at radius 1 is 1.43 bits per heavy atom. The number of aromatic hydroxyl groups is 1. The molecule has 0 aliphatic heterocycles. The van der Waals surface area contributed by atoms with Crippen LogP contribution in [0, 0.1) is 6.92 Å². The number of nitrogens with one attached hydrogen (secondary N) is 1. The molecule has 2 aromatic rings. The first-order chi connectivity index (χ1) is 6.61. The fourth-order valence-corrected chi connectivity index (χ4v) is 1.57. The van der Waals surface area contributed by atoms with Crippen molar-refractivity contribution < 1.29 is 5.11 Å². The molecule has 0 saturated heterocycles. The van der Waals surface area contributed by atoms with E-state index >= 15 is 0 Å². The van der Waals surface area contributed by atoms with Crippen molar-refractivity contribution in [3.8, 4) is 5.75 Å². The Kier molecular flexibility index (Phi) is 1.97. The van der Waals surface area contributed by atoms with E-state index in [1.54, 1.807) is 12.1 Å². The molecule has 72 valence electrons. The molecule has 0 saturated carbocycles. The van der Waals surface area contributed by atoms with Crippen molar-refractivity contribution in [1.29, 1.82) is 0 Å². The third-order valence-corrected chi connectivity index (χ3v) is 2.52. The third kappa shape index (κ3) is 1.17. The minimum atomic E-state index is -0.467. The molecule has 1 heterocycles. The molecule has 2 rings (SSSR count). The van der Waals surface area contributed by atoms with Crippen molar-refractivity contribution in [1.82, 2.24) is 4.98 Å². The number of aryl methyl sites for hydroxylation is 1. The first-order valence-corrected chi connectivity index (χ1v) is 4.49. The second-order valence-corrected chi connectivity index (χ2v) is 3.49. The lowest BCUT2D eigenvalue weighted by atomic mass is 10.1. The van der Waals surface area contributed by atoms with Crippen LogP contribution in [0.3, 0.4) is 0 Å². The predicted octanol–water partition coefficient (Wildman–Crippen LogP) is 2.20. The second-order valence-electron chi connectivity index (χ2n) is 3.11. The number of hydrogen-bond acceptors (Lipinski definition) is 2.